The summed E-state index contributed by atoms with van der Waals surface area (Å²) in [6, 6.07) is 0. The lowest BCUT2D eigenvalue weighted by atomic mass is 9.87. The lowest BCUT2D eigenvalue weighted by Gasteiger charge is -2.19. The van der Waals surface area contributed by atoms with E-state index < -0.39 is 0 Å². The van der Waals surface area contributed by atoms with Crippen LogP contribution in [0.4, 0.5) is 0 Å². The zero-order valence-electron chi connectivity index (χ0n) is 13.7. The van der Waals surface area contributed by atoms with Crippen LogP contribution >= 0.6 is 11.3 Å². The van der Waals surface area contributed by atoms with Crippen LogP contribution in [-0.2, 0) is 16.0 Å². The molecule has 1 N–H and O–H groups in total. The normalized spacial score (nSPS) is 22.6. The van der Waals surface area contributed by atoms with Crippen molar-refractivity contribution in [2.75, 3.05) is 20.1 Å². The van der Waals surface area contributed by atoms with Crippen molar-refractivity contribution in [2.45, 2.75) is 50.9 Å². The number of thiazole rings is 1. The number of rotatable bonds is 5. The first-order valence-electron chi connectivity index (χ1n) is 8.59. The summed E-state index contributed by atoms with van der Waals surface area (Å²) in [5, 5.41) is 6.25. The molecule has 1 aromatic rings. The highest BCUT2D eigenvalue weighted by Gasteiger charge is 2.31. The smallest absolute Gasteiger partial charge is 0.225 e. The summed E-state index contributed by atoms with van der Waals surface area (Å²) in [5.41, 5.74) is 1.25. The molecule has 23 heavy (non-hydrogen) atoms. The van der Waals surface area contributed by atoms with Crippen LogP contribution in [-0.4, -0.2) is 41.8 Å². The number of hydrogen-bond donors (Lipinski definition) is 1. The van der Waals surface area contributed by atoms with Crippen molar-refractivity contribution in [3.63, 3.8) is 0 Å². The molecule has 0 unspecified atom stereocenters. The van der Waals surface area contributed by atoms with Crippen LogP contribution in [0.25, 0.3) is 0 Å². The molecular weight excluding hydrogens is 310 g/mol. The van der Waals surface area contributed by atoms with Gasteiger partial charge in [0.25, 0.3) is 0 Å². The largest absolute Gasteiger partial charge is 0.355 e. The molecule has 1 atom stereocenters. The zero-order chi connectivity index (χ0) is 16.2. The van der Waals surface area contributed by atoms with Crippen molar-refractivity contribution in [1.29, 1.82) is 0 Å². The van der Waals surface area contributed by atoms with E-state index in [0.29, 0.717) is 25.4 Å². The molecule has 1 saturated carbocycles. The highest BCUT2D eigenvalue weighted by Crippen LogP contribution is 2.33. The Morgan fingerprint density at radius 2 is 2.17 bits per heavy atom. The average Bonchev–Trinajstić information content (AvgIpc) is 3.16. The number of amides is 2. The van der Waals surface area contributed by atoms with Gasteiger partial charge < -0.3 is 10.2 Å². The molecule has 6 heteroatoms. The summed E-state index contributed by atoms with van der Waals surface area (Å²) in [7, 11) is 1.75. The molecule has 0 aromatic carbocycles. The zero-order valence-corrected chi connectivity index (χ0v) is 14.5. The van der Waals surface area contributed by atoms with Crippen molar-refractivity contribution in [1.82, 2.24) is 15.2 Å². The Balaban J connectivity index is 1.43. The monoisotopic (exact) mass is 335 g/mol. The number of likely N-dealkylation sites (tertiary alicyclic amines) is 1. The molecular formula is C17H25N3O2S. The highest BCUT2D eigenvalue weighted by atomic mass is 32.1. The molecule has 0 spiro atoms. The summed E-state index contributed by atoms with van der Waals surface area (Å²) in [5.74, 6) is 0.499. The highest BCUT2D eigenvalue weighted by molar-refractivity contribution is 7.09. The van der Waals surface area contributed by atoms with Crippen LogP contribution in [0.3, 0.4) is 0 Å². The third kappa shape index (κ3) is 4.10. The predicted molar refractivity (Wildman–Crippen MR) is 90.4 cm³/mol. The van der Waals surface area contributed by atoms with Crippen LogP contribution in [0.1, 0.15) is 55.1 Å². The summed E-state index contributed by atoms with van der Waals surface area (Å²) < 4.78 is 0. The summed E-state index contributed by atoms with van der Waals surface area (Å²) >= 11 is 1.70. The van der Waals surface area contributed by atoms with Gasteiger partial charge in [0, 0.05) is 44.3 Å². The van der Waals surface area contributed by atoms with Gasteiger partial charge in [-0.25, -0.2) is 4.98 Å². The minimum atomic E-state index is -0.193. The van der Waals surface area contributed by atoms with Crippen LogP contribution in [0, 0.1) is 5.92 Å². The molecule has 0 bridgehead atoms. The van der Waals surface area contributed by atoms with Gasteiger partial charge in [-0.2, -0.15) is 0 Å². The van der Waals surface area contributed by atoms with Gasteiger partial charge in [-0.1, -0.05) is 19.3 Å². The first-order chi connectivity index (χ1) is 11.1. The molecule has 0 radical (unpaired) electrons. The lowest BCUT2D eigenvalue weighted by Crippen LogP contribution is -2.33. The molecule has 1 saturated heterocycles. The van der Waals surface area contributed by atoms with E-state index in [0.717, 1.165) is 11.4 Å². The Morgan fingerprint density at radius 3 is 2.87 bits per heavy atom. The van der Waals surface area contributed by atoms with Gasteiger partial charge >= 0.3 is 0 Å². The van der Waals surface area contributed by atoms with E-state index in [1.54, 1.807) is 23.3 Å². The minimum absolute atomic E-state index is 0.00763. The second kappa shape index (κ2) is 7.43. The lowest BCUT2D eigenvalue weighted by molar-refractivity contribution is -0.128. The van der Waals surface area contributed by atoms with Gasteiger partial charge in [0.2, 0.25) is 11.8 Å². The maximum Gasteiger partial charge on any atom is 0.225 e. The topological polar surface area (TPSA) is 62.3 Å². The van der Waals surface area contributed by atoms with Crippen LogP contribution in [0.15, 0.2) is 5.38 Å². The Labute approximate surface area is 141 Å². The van der Waals surface area contributed by atoms with Gasteiger partial charge in [0.15, 0.2) is 0 Å². The fourth-order valence-electron chi connectivity index (χ4n) is 3.50. The van der Waals surface area contributed by atoms with E-state index in [1.165, 1.54) is 37.8 Å². The molecule has 3 rings (SSSR count). The molecule has 2 amide bonds. The summed E-state index contributed by atoms with van der Waals surface area (Å²) in [6.07, 6.45) is 7.65. The van der Waals surface area contributed by atoms with Crippen LogP contribution in [0.5, 0.6) is 0 Å². The summed E-state index contributed by atoms with van der Waals surface area (Å²) in [6.45, 7) is 1.14. The third-order valence-electron chi connectivity index (χ3n) is 4.94. The van der Waals surface area contributed by atoms with E-state index in [9.17, 15) is 9.59 Å². The average molecular weight is 335 g/mol. The number of hydrogen-bond acceptors (Lipinski definition) is 4. The minimum Gasteiger partial charge on any atom is -0.355 e. The van der Waals surface area contributed by atoms with Gasteiger partial charge in [-0.05, 0) is 12.8 Å². The Kier molecular flexibility index (Phi) is 5.30. The van der Waals surface area contributed by atoms with Crippen molar-refractivity contribution >= 4 is 23.2 Å². The third-order valence-corrected chi connectivity index (χ3v) is 5.87. The number of nitrogens with one attached hydrogen (secondary N) is 1. The molecule has 2 fully saturated rings. The Morgan fingerprint density at radius 1 is 1.39 bits per heavy atom. The van der Waals surface area contributed by atoms with Gasteiger partial charge in [-0.3, -0.25) is 9.59 Å². The number of nitrogens with zero attached hydrogens (tertiary/aromatic N) is 2. The first-order valence-corrected chi connectivity index (χ1v) is 9.47. The molecule has 126 valence electrons. The second-order valence-electron chi connectivity index (χ2n) is 6.72. The van der Waals surface area contributed by atoms with Gasteiger partial charge in [-0.15, -0.1) is 11.3 Å². The molecule has 1 aliphatic carbocycles. The Bertz CT molecular complexity index is 566. The number of carbonyl (C=O) groups is 2. The van der Waals surface area contributed by atoms with Gasteiger partial charge in [0.05, 0.1) is 16.6 Å². The fourth-order valence-corrected chi connectivity index (χ4v) is 4.38. The standard InChI is InChI=1S/C17H25N3O2S/c1-20-10-13(9-16(20)21)17(22)18-8-7-15-19-14(11-23-15)12-5-3-2-4-6-12/h11-13H,2-10H2,1H3,(H,18,22)/t13-/m0/s1. The molecule has 1 aromatic heterocycles. The summed E-state index contributed by atoms with van der Waals surface area (Å²) in [4.78, 5) is 29.9. The van der Waals surface area contributed by atoms with Crippen molar-refractivity contribution in [3.05, 3.63) is 16.1 Å². The maximum atomic E-state index is 12.1. The van der Waals surface area contributed by atoms with E-state index in [4.69, 9.17) is 4.98 Å². The SMILES string of the molecule is CN1C[C@@H](C(=O)NCCc2nc(C3CCCCC3)cs2)CC1=O. The second-order valence-corrected chi connectivity index (χ2v) is 7.66. The van der Waals surface area contributed by atoms with E-state index in [2.05, 4.69) is 10.7 Å². The van der Waals surface area contributed by atoms with E-state index in [1.807, 2.05) is 0 Å². The van der Waals surface area contributed by atoms with Crippen molar-refractivity contribution in [3.8, 4) is 0 Å². The maximum absolute atomic E-state index is 12.1. The quantitative estimate of drug-likeness (QED) is 0.898. The van der Waals surface area contributed by atoms with Crippen LogP contribution < -0.4 is 5.32 Å². The molecule has 2 aliphatic rings. The molecule has 2 heterocycles. The van der Waals surface area contributed by atoms with Crippen LogP contribution in [0.2, 0.25) is 0 Å². The van der Waals surface area contributed by atoms with Gasteiger partial charge in [0.1, 0.15) is 0 Å². The van der Waals surface area contributed by atoms with E-state index >= 15 is 0 Å². The Hall–Kier alpha value is -1.43. The predicted octanol–water partition coefficient (Wildman–Crippen LogP) is 2.33. The van der Waals surface area contributed by atoms with Crippen molar-refractivity contribution in [2.24, 2.45) is 5.92 Å². The van der Waals surface area contributed by atoms with E-state index in [-0.39, 0.29) is 17.7 Å². The van der Waals surface area contributed by atoms with Crippen molar-refractivity contribution < 1.29 is 9.59 Å². The number of aromatic nitrogens is 1. The molecule has 1 aliphatic heterocycles. The fraction of sp³-hybridized carbons (Fsp3) is 0.706. The molecule has 5 nitrogen and oxygen atoms in total. The first kappa shape index (κ1) is 16.4. The number of carbonyl (C=O) groups excluding carboxylic acids is 2.